The molecule has 18 heavy (non-hydrogen) atoms. The number of pyridine rings is 1. The first-order valence-electron chi connectivity index (χ1n) is 5.86. The van der Waals surface area contributed by atoms with Crippen LogP contribution < -0.4 is 4.90 Å². The number of aryl methyl sites for hydroxylation is 1. The first-order valence-corrected chi connectivity index (χ1v) is 5.86. The lowest BCUT2D eigenvalue weighted by Crippen LogP contribution is -2.23. The summed E-state index contributed by atoms with van der Waals surface area (Å²) in [4.78, 5) is 17.1. The molecule has 0 aliphatic carbocycles. The van der Waals surface area contributed by atoms with E-state index in [9.17, 15) is 4.79 Å². The van der Waals surface area contributed by atoms with Crippen LogP contribution in [0.4, 0.5) is 5.82 Å². The molecular weight excluding hydrogens is 224 g/mol. The predicted octanol–water partition coefficient (Wildman–Crippen LogP) is 3.04. The fraction of sp³-hybridized carbons (Fsp3) is 0.200. The first kappa shape index (κ1) is 12.3. The van der Waals surface area contributed by atoms with Crippen molar-refractivity contribution in [3.05, 3.63) is 48.2 Å². The van der Waals surface area contributed by atoms with Crippen LogP contribution in [-0.4, -0.2) is 17.9 Å². The van der Waals surface area contributed by atoms with Crippen molar-refractivity contribution in [3.8, 4) is 11.1 Å². The monoisotopic (exact) mass is 240 g/mol. The molecule has 92 valence electrons. The molecule has 1 aromatic heterocycles. The summed E-state index contributed by atoms with van der Waals surface area (Å²) in [6.07, 6.45) is 1.73. The van der Waals surface area contributed by atoms with Gasteiger partial charge in [0.05, 0.1) is 0 Å². The quantitative estimate of drug-likeness (QED) is 0.808. The Hall–Kier alpha value is -2.16. The fourth-order valence-electron chi connectivity index (χ4n) is 1.83. The zero-order valence-electron chi connectivity index (χ0n) is 10.8. The number of aromatic nitrogens is 1. The number of carbonyl (C=O) groups excluding carboxylic acids is 1. The van der Waals surface area contributed by atoms with Gasteiger partial charge in [-0.1, -0.05) is 24.3 Å². The van der Waals surface area contributed by atoms with Crippen molar-refractivity contribution in [2.24, 2.45) is 0 Å². The van der Waals surface area contributed by atoms with Crippen LogP contribution in [0, 0.1) is 6.92 Å². The number of benzene rings is 1. The number of amides is 1. The molecule has 0 aliphatic heterocycles. The first-order chi connectivity index (χ1) is 8.59. The van der Waals surface area contributed by atoms with E-state index in [1.807, 2.05) is 24.3 Å². The van der Waals surface area contributed by atoms with E-state index in [4.69, 9.17) is 0 Å². The van der Waals surface area contributed by atoms with E-state index in [0.29, 0.717) is 5.82 Å². The van der Waals surface area contributed by atoms with Crippen molar-refractivity contribution in [1.29, 1.82) is 0 Å². The average molecular weight is 240 g/mol. The van der Waals surface area contributed by atoms with Gasteiger partial charge in [0, 0.05) is 20.2 Å². The zero-order chi connectivity index (χ0) is 13.1. The van der Waals surface area contributed by atoms with Gasteiger partial charge >= 0.3 is 0 Å². The van der Waals surface area contributed by atoms with Gasteiger partial charge in [0.2, 0.25) is 5.91 Å². The van der Waals surface area contributed by atoms with Gasteiger partial charge in [-0.15, -0.1) is 0 Å². The minimum absolute atomic E-state index is 0.0237. The standard InChI is InChI=1S/C15H16N2O/c1-11-6-4-5-7-14(11)13-8-9-16-15(10-13)17(3)12(2)18/h4-10H,1-3H3. The van der Waals surface area contributed by atoms with Crippen LogP contribution in [0.2, 0.25) is 0 Å². The Labute approximate surface area is 107 Å². The summed E-state index contributed by atoms with van der Waals surface area (Å²) in [6, 6.07) is 12.1. The maximum atomic E-state index is 11.3. The third-order valence-corrected chi connectivity index (χ3v) is 3.02. The Morgan fingerprint density at radius 2 is 1.94 bits per heavy atom. The van der Waals surface area contributed by atoms with E-state index in [2.05, 4.69) is 24.0 Å². The minimum atomic E-state index is -0.0237. The Kier molecular flexibility index (Phi) is 3.42. The molecule has 0 N–H and O–H groups in total. The van der Waals surface area contributed by atoms with Gasteiger partial charge in [-0.2, -0.15) is 0 Å². The van der Waals surface area contributed by atoms with Crippen LogP contribution in [0.25, 0.3) is 11.1 Å². The summed E-state index contributed by atoms with van der Waals surface area (Å²) in [5.41, 5.74) is 3.45. The summed E-state index contributed by atoms with van der Waals surface area (Å²) in [7, 11) is 1.73. The molecule has 3 heteroatoms. The summed E-state index contributed by atoms with van der Waals surface area (Å²) in [5, 5.41) is 0. The normalized spacial score (nSPS) is 10.2. The third kappa shape index (κ3) is 2.40. The van der Waals surface area contributed by atoms with Gasteiger partial charge in [-0.3, -0.25) is 4.79 Å². The molecule has 0 saturated heterocycles. The lowest BCUT2D eigenvalue weighted by Gasteiger charge is -2.15. The minimum Gasteiger partial charge on any atom is -0.300 e. The van der Waals surface area contributed by atoms with Crippen molar-refractivity contribution in [2.45, 2.75) is 13.8 Å². The third-order valence-electron chi connectivity index (χ3n) is 3.02. The SMILES string of the molecule is CC(=O)N(C)c1cc(-c2ccccc2C)ccn1. The van der Waals surface area contributed by atoms with Crippen LogP contribution in [-0.2, 0) is 4.79 Å². The van der Waals surface area contributed by atoms with E-state index in [1.54, 1.807) is 18.1 Å². The summed E-state index contributed by atoms with van der Waals surface area (Å²) in [6.45, 7) is 3.60. The van der Waals surface area contributed by atoms with Gasteiger partial charge in [0.15, 0.2) is 0 Å². The Bertz CT molecular complexity index is 578. The Morgan fingerprint density at radius 3 is 2.61 bits per heavy atom. The van der Waals surface area contributed by atoms with Crippen molar-refractivity contribution in [1.82, 2.24) is 4.98 Å². The molecule has 1 aromatic carbocycles. The highest BCUT2D eigenvalue weighted by Gasteiger charge is 2.08. The zero-order valence-corrected chi connectivity index (χ0v) is 10.8. The van der Waals surface area contributed by atoms with Gasteiger partial charge in [0.1, 0.15) is 5.82 Å². The highest BCUT2D eigenvalue weighted by Crippen LogP contribution is 2.25. The Balaban J connectivity index is 2.45. The number of hydrogen-bond donors (Lipinski definition) is 0. The van der Waals surface area contributed by atoms with E-state index < -0.39 is 0 Å². The molecule has 0 spiro atoms. The van der Waals surface area contributed by atoms with E-state index >= 15 is 0 Å². The number of rotatable bonds is 2. The van der Waals surface area contributed by atoms with Crippen molar-refractivity contribution in [3.63, 3.8) is 0 Å². The molecule has 0 atom stereocenters. The predicted molar refractivity (Wildman–Crippen MR) is 73.5 cm³/mol. The number of anilines is 1. The van der Waals surface area contributed by atoms with Crippen LogP contribution in [0.5, 0.6) is 0 Å². The number of hydrogen-bond acceptors (Lipinski definition) is 2. The second-order valence-corrected chi connectivity index (χ2v) is 4.30. The fourth-order valence-corrected chi connectivity index (χ4v) is 1.83. The van der Waals surface area contributed by atoms with E-state index in [0.717, 1.165) is 11.1 Å². The second-order valence-electron chi connectivity index (χ2n) is 4.30. The average Bonchev–Trinajstić information content (AvgIpc) is 2.38. The topological polar surface area (TPSA) is 33.2 Å². The molecule has 0 fully saturated rings. The van der Waals surface area contributed by atoms with Crippen LogP contribution in [0.15, 0.2) is 42.6 Å². The lowest BCUT2D eigenvalue weighted by atomic mass is 10.0. The van der Waals surface area contributed by atoms with Gasteiger partial charge in [-0.05, 0) is 35.7 Å². The van der Waals surface area contributed by atoms with Crippen molar-refractivity contribution >= 4 is 11.7 Å². The van der Waals surface area contributed by atoms with E-state index in [-0.39, 0.29) is 5.91 Å². The molecule has 0 bridgehead atoms. The maximum absolute atomic E-state index is 11.3. The molecule has 2 aromatic rings. The molecule has 0 unspecified atom stereocenters. The molecular formula is C15H16N2O. The highest BCUT2D eigenvalue weighted by atomic mass is 16.2. The number of carbonyl (C=O) groups is 1. The largest absolute Gasteiger partial charge is 0.300 e. The van der Waals surface area contributed by atoms with Crippen molar-refractivity contribution < 1.29 is 4.79 Å². The maximum Gasteiger partial charge on any atom is 0.224 e. The molecule has 1 heterocycles. The van der Waals surface area contributed by atoms with Crippen LogP contribution >= 0.6 is 0 Å². The van der Waals surface area contributed by atoms with E-state index in [1.165, 1.54) is 12.5 Å². The number of nitrogens with zero attached hydrogens (tertiary/aromatic N) is 2. The molecule has 0 saturated carbocycles. The molecule has 0 radical (unpaired) electrons. The molecule has 3 nitrogen and oxygen atoms in total. The van der Waals surface area contributed by atoms with Crippen LogP contribution in [0.3, 0.4) is 0 Å². The van der Waals surface area contributed by atoms with Gasteiger partial charge in [-0.25, -0.2) is 4.98 Å². The lowest BCUT2D eigenvalue weighted by molar-refractivity contribution is -0.116. The molecule has 2 rings (SSSR count). The molecule has 0 aliphatic rings. The smallest absolute Gasteiger partial charge is 0.224 e. The summed E-state index contributed by atoms with van der Waals surface area (Å²) >= 11 is 0. The summed E-state index contributed by atoms with van der Waals surface area (Å²) < 4.78 is 0. The summed E-state index contributed by atoms with van der Waals surface area (Å²) in [5.74, 6) is 0.646. The van der Waals surface area contributed by atoms with Crippen LogP contribution in [0.1, 0.15) is 12.5 Å². The highest BCUT2D eigenvalue weighted by molar-refractivity contribution is 5.90. The second kappa shape index (κ2) is 5.00. The van der Waals surface area contributed by atoms with Crippen molar-refractivity contribution in [2.75, 3.05) is 11.9 Å². The molecule has 1 amide bonds. The Morgan fingerprint density at radius 1 is 1.22 bits per heavy atom. The van der Waals surface area contributed by atoms with Gasteiger partial charge < -0.3 is 4.90 Å². The van der Waals surface area contributed by atoms with Gasteiger partial charge in [0.25, 0.3) is 0 Å².